The van der Waals surface area contributed by atoms with Gasteiger partial charge in [-0.3, -0.25) is 14.7 Å². The third kappa shape index (κ3) is 5.04. The molecule has 1 aliphatic rings. The maximum atomic E-state index is 12.9. The second-order valence-electron chi connectivity index (χ2n) is 8.49. The molecule has 0 aliphatic carbocycles. The van der Waals surface area contributed by atoms with E-state index < -0.39 is 0 Å². The highest BCUT2D eigenvalue weighted by Crippen LogP contribution is 2.37. The Bertz CT molecular complexity index is 1340. The molecule has 2 aromatic carbocycles. The Morgan fingerprint density at radius 3 is 2.46 bits per heavy atom. The molecule has 1 N–H and O–H groups in total. The van der Waals surface area contributed by atoms with Gasteiger partial charge in [0.05, 0.1) is 18.7 Å². The predicted octanol–water partition coefficient (Wildman–Crippen LogP) is 4.77. The number of piperazine rings is 1. The monoisotopic (exact) mass is 490 g/mol. The summed E-state index contributed by atoms with van der Waals surface area (Å²) in [5.74, 6) is 2.06. The summed E-state index contributed by atoms with van der Waals surface area (Å²) in [6.07, 6.45) is 0. The van der Waals surface area contributed by atoms with Crippen molar-refractivity contribution < 1.29 is 9.47 Å². The highest BCUT2D eigenvalue weighted by Gasteiger charge is 2.21. The third-order valence-electron chi connectivity index (χ3n) is 6.19. The Morgan fingerprint density at radius 1 is 0.971 bits per heavy atom. The van der Waals surface area contributed by atoms with Crippen LogP contribution in [0.15, 0.2) is 58.7 Å². The van der Waals surface area contributed by atoms with Gasteiger partial charge in [-0.2, -0.15) is 0 Å². The number of hydrogen-bond donors (Lipinski definition) is 1. The lowest BCUT2D eigenvalue weighted by molar-refractivity contribution is 0.248. The minimum absolute atomic E-state index is 0.0936. The van der Waals surface area contributed by atoms with Crippen molar-refractivity contribution in [1.82, 2.24) is 14.9 Å². The number of nitrogens with one attached hydrogen (secondary N) is 1. The van der Waals surface area contributed by atoms with Crippen LogP contribution in [0.4, 0.5) is 5.95 Å². The van der Waals surface area contributed by atoms with E-state index >= 15 is 0 Å². The van der Waals surface area contributed by atoms with Crippen LogP contribution in [0.1, 0.15) is 19.4 Å². The normalized spacial score (nSPS) is 14.4. The molecule has 0 bridgehead atoms. The van der Waals surface area contributed by atoms with Crippen LogP contribution in [0, 0.1) is 0 Å². The largest absolute Gasteiger partial charge is 0.490 e. The van der Waals surface area contributed by atoms with Gasteiger partial charge in [-0.15, -0.1) is 11.3 Å². The molecule has 7 nitrogen and oxygen atoms in total. The highest BCUT2D eigenvalue weighted by molar-refractivity contribution is 7.17. The number of aromatic amines is 1. The molecule has 3 heterocycles. The zero-order valence-corrected chi connectivity index (χ0v) is 20.9. The summed E-state index contributed by atoms with van der Waals surface area (Å²) in [4.78, 5) is 25.5. The lowest BCUT2D eigenvalue weighted by Crippen LogP contribution is -2.46. The van der Waals surface area contributed by atoms with Crippen LogP contribution in [0.25, 0.3) is 21.3 Å². The molecule has 0 radical (unpaired) electrons. The van der Waals surface area contributed by atoms with Gasteiger partial charge >= 0.3 is 0 Å². The van der Waals surface area contributed by atoms with Crippen LogP contribution in [-0.4, -0.2) is 54.3 Å². The number of benzene rings is 2. The topological polar surface area (TPSA) is 70.7 Å². The number of ether oxygens (including phenoxy) is 2. The van der Waals surface area contributed by atoms with Gasteiger partial charge in [-0.05, 0) is 37.1 Å². The first-order valence-corrected chi connectivity index (χ1v) is 13.0. The fourth-order valence-corrected chi connectivity index (χ4v) is 5.36. The van der Waals surface area contributed by atoms with Crippen molar-refractivity contribution in [1.29, 1.82) is 0 Å². The summed E-state index contributed by atoms with van der Waals surface area (Å²) in [5, 5.41) is 2.00. The number of fused-ring (bicyclic) bond motifs is 1. The number of nitrogens with zero attached hydrogens (tertiary/aromatic N) is 3. The number of H-pyrrole nitrogens is 1. The van der Waals surface area contributed by atoms with Crippen molar-refractivity contribution in [2.75, 3.05) is 44.3 Å². The number of aromatic nitrogens is 2. The van der Waals surface area contributed by atoms with E-state index in [9.17, 15) is 4.79 Å². The second kappa shape index (κ2) is 10.5. The summed E-state index contributed by atoms with van der Waals surface area (Å²) in [6, 6.07) is 16.4. The van der Waals surface area contributed by atoms with E-state index in [1.165, 1.54) is 16.9 Å². The molecule has 0 unspecified atom stereocenters. The van der Waals surface area contributed by atoms with Crippen LogP contribution in [0.3, 0.4) is 0 Å². The van der Waals surface area contributed by atoms with E-state index in [0.29, 0.717) is 29.6 Å². The molecule has 1 saturated heterocycles. The predicted molar refractivity (Wildman–Crippen MR) is 142 cm³/mol. The van der Waals surface area contributed by atoms with Crippen LogP contribution in [0.5, 0.6) is 11.5 Å². The van der Waals surface area contributed by atoms with Gasteiger partial charge in [0.15, 0.2) is 11.5 Å². The molecule has 1 aliphatic heterocycles. The van der Waals surface area contributed by atoms with E-state index in [1.54, 1.807) is 0 Å². The molecule has 1 fully saturated rings. The standard InChI is InChI=1S/C27H30N4O3S/c1-3-33-22-11-10-20(16-23(22)34-4-2)21-18-35-25-24(21)28-27(29-26(25)32)31-14-12-30(13-15-31)17-19-8-6-5-7-9-19/h5-11,16,18H,3-4,12-15,17H2,1-2H3,(H,28,29,32). The Hall–Kier alpha value is -3.36. The molecule has 8 heteroatoms. The van der Waals surface area contributed by atoms with E-state index in [0.717, 1.165) is 55.1 Å². The van der Waals surface area contributed by atoms with Crippen LogP contribution in [-0.2, 0) is 6.54 Å². The first-order chi connectivity index (χ1) is 17.2. The van der Waals surface area contributed by atoms with Crippen LogP contribution < -0.4 is 19.9 Å². The molecule has 2 aromatic heterocycles. The number of anilines is 1. The summed E-state index contributed by atoms with van der Waals surface area (Å²) in [6.45, 7) is 9.44. The molecule has 182 valence electrons. The smallest absolute Gasteiger partial charge is 0.270 e. The molecule has 0 atom stereocenters. The lowest BCUT2D eigenvalue weighted by atomic mass is 10.1. The van der Waals surface area contributed by atoms with Gasteiger partial charge in [0.1, 0.15) is 4.70 Å². The minimum atomic E-state index is -0.0936. The quantitative estimate of drug-likeness (QED) is 0.384. The van der Waals surface area contributed by atoms with Gasteiger partial charge < -0.3 is 14.4 Å². The fourth-order valence-electron chi connectivity index (χ4n) is 4.45. The minimum Gasteiger partial charge on any atom is -0.490 e. The van der Waals surface area contributed by atoms with Crippen molar-refractivity contribution in [3.8, 4) is 22.6 Å². The Kier molecular flexibility index (Phi) is 7.01. The molecule has 5 rings (SSSR count). The van der Waals surface area contributed by atoms with Gasteiger partial charge in [-0.1, -0.05) is 36.4 Å². The fraction of sp³-hybridized carbons (Fsp3) is 0.333. The molecule has 35 heavy (non-hydrogen) atoms. The number of thiophene rings is 1. The maximum Gasteiger partial charge on any atom is 0.270 e. The average Bonchev–Trinajstić information content (AvgIpc) is 3.31. The summed E-state index contributed by atoms with van der Waals surface area (Å²) in [5.41, 5.74) is 3.85. The van der Waals surface area contributed by atoms with Crippen molar-refractivity contribution in [3.05, 3.63) is 69.8 Å². The molecular weight excluding hydrogens is 460 g/mol. The Morgan fingerprint density at radius 2 is 1.71 bits per heavy atom. The SMILES string of the molecule is CCOc1ccc(-c2csc3c(=O)[nH]c(N4CCN(Cc5ccccc5)CC4)nc23)cc1OCC. The molecule has 0 amide bonds. The average molecular weight is 491 g/mol. The molecule has 4 aromatic rings. The summed E-state index contributed by atoms with van der Waals surface area (Å²) < 4.78 is 12.2. The second-order valence-corrected chi connectivity index (χ2v) is 9.37. The first-order valence-electron chi connectivity index (χ1n) is 12.1. The molecule has 0 saturated carbocycles. The molecular formula is C27H30N4O3S. The van der Waals surface area contributed by atoms with Crippen molar-refractivity contribution in [2.24, 2.45) is 0 Å². The number of rotatable bonds is 8. The Balaban J connectivity index is 1.40. The maximum absolute atomic E-state index is 12.9. The van der Waals surface area contributed by atoms with Crippen molar-refractivity contribution in [3.63, 3.8) is 0 Å². The lowest BCUT2D eigenvalue weighted by Gasteiger charge is -2.35. The highest BCUT2D eigenvalue weighted by atomic mass is 32.1. The molecule has 0 spiro atoms. The van der Waals surface area contributed by atoms with Crippen LogP contribution in [0.2, 0.25) is 0 Å². The Labute approximate surface area is 208 Å². The van der Waals surface area contributed by atoms with E-state index in [1.807, 2.05) is 43.5 Å². The van der Waals surface area contributed by atoms with E-state index in [2.05, 4.69) is 39.0 Å². The van der Waals surface area contributed by atoms with Gasteiger partial charge in [0, 0.05) is 43.7 Å². The van der Waals surface area contributed by atoms with Crippen LogP contribution >= 0.6 is 11.3 Å². The van der Waals surface area contributed by atoms with Gasteiger partial charge in [0.2, 0.25) is 5.95 Å². The number of hydrogen-bond acceptors (Lipinski definition) is 7. The zero-order chi connectivity index (χ0) is 24.2. The van der Waals surface area contributed by atoms with Gasteiger partial charge in [0.25, 0.3) is 5.56 Å². The zero-order valence-electron chi connectivity index (χ0n) is 20.1. The van der Waals surface area contributed by atoms with Crippen molar-refractivity contribution in [2.45, 2.75) is 20.4 Å². The first kappa shape index (κ1) is 23.4. The van der Waals surface area contributed by atoms with Gasteiger partial charge in [-0.25, -0.2) is 4.98 Å². The summed E-state index contributed by atoms with van der Waals surface area (Å²) in [7, 11) is 0. The van der Waals surface area contributed by atoms with E-state index in [4.69, 9.17) is 14.5 Å². The van der Waals surface area contributed by atoms with E-state index in [-0.39, 0.29) is 5.56 Å². The van der Waals surface area contributed by atoms with Crippen molar-refractivity contribution >= 4 is 27.5 Å². The third-order valence-corrected chi connectivity index (χ3v) is 7.16. The summed E-state index contributed by atoms with van der Waals surface area (Å²) >= 11 is 1.42.